The molecule has 1 saturated heterocycles. The highest BCUT2D eigenvalue weighted by Crippen LogP contribution is 2.39. The molecule has 1 amide bonds. The fourth-order valence-electron chi connectivity index (χ4n) is 2.54. The Morgan fingerprint density at radius 2 is 2.05 bits per heavy atom. The molecule has 4 nitrogen and oxygen atoms in total. The highest BCUT2D eigenvalue weighted by Gasteiger charge is 2.24. The first-order valence-electron chi connectivity index (χ1n) is 7.12. The van der Waals surface area contributed by atoms with E-state index in [4.69, 9.17) is 4.74 Å². The molecule has 0 spiro atoms. The summed E-state index contributed by atoms with van der Waals surface area (Å²) in [7, 11) is 0. The molecule has 0 unspecified atom stereocenters. The first-order chi connectivity index (χ1) is 9.33. The standard InChI is InChI=1S/C15H20N2O2/c18-15(13-3-5-19-6-4-13)17-9-11-7-14(10-16-8-11)12-1-2-12/h7-8,10,12-13H,1-6,9H2,(H,17,18). The largest absolute Gasteiger partial charge is 0.381 e. The summed E-state index contributed by atoms with van der Waals surface area (Å²) in [4.78, 5) is 16.3. The Kier molecular flexibility index (Phi) is 3.78. The van der Waals surface area contributed by atoms with Gasteiger partial charge < -0.3 is 10.1 Å². The summed E-state index contributed by atoms with van der Waals surface area (Å²) in [6.07, 6.45) is 8.02. The van der Waals surface area contributed by atoms with Crippen LogP contribution in [-0.4, -0.2) is 24.1 Å². The van der Waals surface area contributed by atoms with Crippen molar-refractivity contribution in [3.8, 4) is 0 Å². The molecule has 0 radical (unpaired) electrons. The van der Waals surface area contributed by atoms with E-state index in [0.29, 0.717) is 25.7 Å². The second kappa shape index (κ2) is 5.70. The maximum atomic E-state index is 12.0. The van der Waals surface area contributed by atoms with Crippen LogP contribution in [-0.2, 0) is 16.1 Å². The zero-order valence-electron chi connectivity index (χ0n) is 11.1. The van der Waals surface area contributed by atoms with E-state index < -0.39 is 0 Å². The lowest BCUT2D eigenvalue weighted by Gasteiger charge is -2.21. The van der Waals surface area contributed by atoms with Gasteiger partial charge in [0.05, 0.1) is 0 Å². The van der Waals surface area contributed by atoms with Gasteiger partial charge in [-0.1, -0.05) is 6.07 Å². The molecule has 1 N–H and O–H groups in total. The van der Waals surface area contributed by atoms with E-state index in [0.717, 1.165) is 18.4 Å². The predicted molar refractivity (Wildman–Crippen MR) is 71.6 cm³/mol. The van der Waals surface area contributed by atoms with Crippen molar-refractivity contribution in [1.29, 1.82) is 0 Å². The summed E-state index contributed by atoms with van der Waals surface area (Å²) in [5, 5.41) is 3.02. The molecule has 2 fully saturated rings. The average molecular weight is 260 g/mol. The van der Waals surface area contributed by atoms with Crippen LogP contribution in [0.1, 0.15) is 42.7 Å². The van der Waals surface area contributed by atoms with Crippen LogP contribution in [0.5, 0.6) is 0 Å². The van der Waals surface area contributed by atoms with Crippen LogP contribution < -0.4 is 5.32 Å². The lowest BCUT2D eigenvalue weighted by atomic mass is 9.99. The number of ether oxygens (including phenoxy) is 1. The minimum Gasteiger partial charge on any atom is -0.381 e. The SMILES string of the molecule is O=C(NCc1cncc(C2CC2)c1)C1CCOCC1. The van der Waals surface area contributed by atoms with Crippen molar-refractivity contribution in [1.82, 2.24) is 10.3 Å². The molecule has 0 atom stereocenters. The van der Waals surface area contributed by atoms with Gasteiger partial charge in [-0.3, -0.25) is 9.78 Å². The van der Waals surface area contributed by atoms with Crippen molar-refractivity contribution >= 4 is 5.91 Å². The van der Waals surface area contributed by atoms with Crippen LogP contribution in [0.3, 0.4) is 0 Å². The van der Waals surface area contributed by atoms with Crippen LogP contribution in [0.15, 0.2) is 18.5 Å². The number of hydrogen-bond acceptors (Lipinski definition) is 3. The number of rotatable bonds is 4. The number of aromatic nitrogens is 1. The Bertz CT molecular complexity index is 451. The van der Waals surface area contributed by atoms with Crippen molar-refractivity contribution in [3.63, 3.8) is 0 Å². The van der Waals surface area contributed by atoms with Gasteiger partial charge in [0.1, 0.15) is 0 Å². The second-order valence-electron chi connectivity index (χ2n) is 5.51. The normalized spacial score (nSPS) is 20.2. The molecule has 1 aromatic heterocycles. The zero-order valence-corrected chi connectivity index (χ0v) is 11.1. The molecular weight excluding hydrogens is 240 g/mol. The minimum atomic E-state index is 0.119. The van der Waals surface area contributed by atoms with Crippen molar-refractivity contribution in [2.75, 3.05) is 13.2 Å². The van der Waals surface area contributed by atoms with E-state index in [1.54, 1.807) is 0 Å². The summed E-state index contributed by atoms with van der Waals surface area (Å²) in [5.74, 6) is 0.979. The molecule has 3 rings (SSSR count). The van der Waals surface area contributed by atoms with E-state index >= 15 is 0 Å². The predicted octanol–water partition coefficient (Wildman–Crippen LogP) is 2.00. The fourth-order valence-corrected chi connectivity index (χ4v) is 2.54. The molecule has 1 saturated carbocycles. The number of amides is 1. The number of carbonyl (C=O) groups is 1. The van der Waals surface area contributed by atoms with Gasteiger partial charge in [-0.05, 0) is 42.7 Å². The Morgan fingerprint density at radius 3 is 2.79 bits per heavy atom. The molecule has 0 bridgehead atoms. The maximum absolute atomic E-state index is 12.0. The number of carbonyl (C=O) groups excluding carboxylic acids is 1. The molecule has 1 aliphatic heterocycles. The Morgan fingerprint density at radius 1 is 1.26 bits per heavy atom. The van der Waals surface area contributed by atoms with Gasteiger partial charge >= 0.3 is 0 Å². The van der Waals surface area contributed by atoms with E-state index in [9.17, 15) is 4.79 Å². The summed E-state index contributed by atoms with van der Waals surface area (Å²) in [5.41, 5.74) is 2.42. The van der Waals surface area contributed by atoms with E-state index in [-0.39, 0.29) is 11.8 Å². The zero-order chi connectivity index (χ0) is 13.1. The summed E-state index contributed by atoms with van der Waals surface area (Å²) in [6.45, 7) is 2.00. The maximum Gasteiger partial charge on any atom is 0.223 e. The van der Waals surface area contributed by atoms with Crippen LogP contribution in [0.2, 0.25) is 0 Å². The fraction of sp³-hybridized carbons (Fsp3) is 0.600. The van der Waals surface area contributed by atoms with Gasteiger partial charge in [-0.2, -0.15) is 0 Å². The van der Waals surface area contributed by atoms with Crippen LogP contribution >= 0.6 is 0 Å². The number of hydrogen-bond donors (Lipinski definition) is 1. The van der Waals surface area contributed by atoms with Gasteiger partial charge in [0, 0.05) is 38.1 Å². The third kappa shape index (κ3) is 3.32. The highest BCUT2D eigenvalue weighted by molar-refractivity contribution is 5.78. The first kappa shape index (κ1) is 12.6. The summed E-state index contributed by atoms with van der Waals surface area (Å²) < 4.78 is 5.27. The molecule has 2 aliphatic rings. The van der Waals surface area contributed by atoms with E-state index in [2.05, 4.69) is 16.4 Å². The van der Waals surface area contributed by atoms with Crippen molar-refractivity contribution in [2.45, 2.75) is 38.1 Å². The number of nitrogens with zero attached hydrogens (tertiary/aromatic N) is 1. The topological polar surface area (TPSA) is 51.2 Å². The average Bonchev–Trinajstić information content (AvgIpc) is 3.31. The number of pyridine rings is 1. The van der Waals surface area contributed by atoms with Crippen molar-refractivity contribution < 1.29 is 9.53 Å². The molecular formula is C15H20N2O2. The Labute approximate surface area is 113 Å². The Hall–Kier alpha value is -1.42. The first-order valence-corrected chi connectivity index (χ1v) is 7.12. The quantitative estimate of drug-likeness (QED) is 0.901. The van der Waals surface area contributed by atoms with E-state index in [1.807, 2.05) is 12.4 Å². The van der Waals surface area contributed by atoms with Crippen molar-refractivity contribution in [2.24, 2.45) is 5.92 Å². The van der Waals surface area contributed by atoms with Crippen molar-refractivity contribution in [3.05, 3.63) is 29.6 Å². The molecule has 1 aromatic rings. The summed E-state index contributed by atoms with van der Waals surface area (Å²) in [6, 6.07) is 2.18. The second-order valence-corrected chi connectivity index (χ2v) is 5.51. The molecule has 102 valence electrons. The van der Waals surface area contributed by atoms with Gasteiger partial charge in [0.15, 0.2) is 0 Å². The Balaban J connectivity index is 1.53. The highest BCUT2D eigenvalue weighted by atomic mass is 16.5. The van der Waals surface area contributed by atoms with Gasteiger partial charge in [-0.15, -0.1) is 0 Å². The third-order valence-corrected chi connectivity index (χ3v) is 3.92. The lowest BCUT2D eigenvalue weighted by Crippen LogP contribution is -2.33. The molecule has 1 aliphatic carbocycles. The molecule has 0 aromatic carbocycles. The van der Waals surface area contributed by atoms with Gasteiger partial charge in [0.25, 0.3) is 0 Å². The smallest absolute Gasteiger partial charge is 0.223 e. The van der Waals surface area contributed by atoms with E-state index in [1.165, 1.54) is 18.4 Å². The molecule has 2 heterocycles. The van der Waals surface area contributed by atoms with Crippen LogP contribution in [0.25, 0.3) is 0 Å². The van der Waals surface area contributed by atoms with Crippen LogP contribution in [0.4, 0.5) is 0 Å². The minimum absolute atomic E-state index is 0.119. The number of nitrogens with one attached hydrogen (secondary N) is 1. The van der Waals surface area contributed by atoms with Gasteiger partial charge in [-0.25, -0.2) is 0 Å². The summed E-state index contributed by atoms with van der Waals surface area (Å²) >= 11 is 0. The monoisotopic (exact) mass is 260 g/mol. The molecule has 4 heteroatoms. The lowest BCUT2D eigenvalue weighted by molar-refractivity contribution is -0.128. The molecule has 19 heavy (non-hydrogen) atoms. The van der Waals surface area contributed by atoms with Gasteiger partial charge in [0.2, 0.25) is 5.91 Å². The third-order valence-electron chi connectivity index (χ3n) is 3.92. The van der Waals surface area contributed by atoms with Crippen LogP contribution in [0, 0.1) is 5.92 Å².